The molecule has 1 N–H and O–H groups in total. The van der Waals surface area contributed by atoms with Crippen molar-refractivity contribution in [3.8, 4) is 5.75 Å². The summed E-state index contributed by atoms with van der Waals surface area (Å²) in [6.45, 7) is 6.88. The van der Waals surface area contributed by atoms with Crippen LogP contribution in [0.4, 0.5) is 0 Å². The molecule has 1 rings (SSSR count). The summed E-state index contributed by atoms with van der Waals surface area (Å²) in [6.07, 6.45) is -0.950. The zero-order chi connectivity index (χ0) is 14.3. The topological polar surface area (TPSA) is 47.9 Å². The van der Waals surface area contributed by atoms with Crippen molar-refractivity contribution >= 4 is 11.6 Å². The van der Waals surface area contributed by atoms with E-state index in [0.717, 1.165) is 5.56 Å². The smallest absolute Gasteiger partial charge is 0.191 e. The molecule has 5 heteroatoms. The molecule has 1 atom stereocenters. The van der Waals surface area contributed by atoms with E-state index in [1.54, 1.807) is 25.1 Å². The number of aliphatic hydroxyl groups is 1. The Bertz CT molecular complexity index is 376. The van der Waals surface area contributed by atoms with E-state index in [9.17, 15) is 5.11 Å². The molecule has 0 aliphatic carbocycles. The van der Waals surface area contributed by atoms with Crippen molar-refractivity contribution < 1.29 is 19.3 Å². The molecule has 0 heterocycles. The lowest BCUT2D eigenvalue weighted by molar-refractivity contribution is -0.152. The first-order chi connectivity index (χ1) is 9.08. The zero-order valence-corrected chi connectivity index (χ0v) is 12.3. The van der Waals surface area contributed by atoms with Crippen LogP contribution < -0.4 is 4.74 Å². The summed E-state index contributed by atoms with van der Waals surface area (Å²) in [5.41, 5.74) is 0.753. The van der Waals surface area contributed by atoms with Crippen molar-refractivity contribution in [1.82, 2.24) is 0 Å². The van der Waals surface area contributed by atoms with E-state index in [-0.39, 0.29) is 6.61 Å². The Hall–Kier alpha value is -0.810. The van der Waals surface area contributed by atoms with E-state index >= 15 is 0 Å². The lowest BCUT2D eigenvalue weighted by Gasteiger charge is -2.18. The SMILES string of the molecule is CCOC(COc1ccc([C@@H](C)O)cc1Cl)OCC. The molecular weight excluding hydrogens is 268 g/mol. The van der Waals surface area contributed by atoms with E-state index < -0.39 is 12.4 Å². The summed E-state index contributed by atoms with van der Waals surface area (Å²) in [6, 6.07) is 5.21. The Labute approximate surface area is 119 Å². The van der Waals surface area contributed by atoms with Crippen molar-refractivity contribution in [3.05, 3.63) is 28.8 Å². The maximum atomic E-state index is 9.46. The van der Waals surface area contributed by atoms with Gasteiger partial charge in [-0.15, -0.1) is 0 Å². The molecule has 0 fully saturated rings. The van der Waals surface area contributed by atoms with Gasteiger partial charge in [0.05, 0.1) is 11.1 Å². The maximum absolute atomic E-state index is 9.46. The molecule has 0 bridgehead atoms. The Balaban J connectivity index is 2.61. The predicted octanol–water partition coefficient (Wildman–Crippen LogP) is 3.17. The Kier molecular flexibility index (Phi) is 7.16. The summed E-state index contributed by atoms with van der Waals surface area (Å²) in [5.74, 6) is 0.551. The number of rotatable bonds is 8. The van der Waals surface area contributed by atoms with E-state index in [0.29, 0.717) is 24.0 Å². The monoisotopic (exact) mass is 288 g/mol. The molecule has 0 radical (unpaired) electrons. The fourth-order valence-electron chi connectivity index (χ4n) is 1.57. The number of aliphatic hydroxyl groups excluding tert-OH is 1. The number of hydrogen-bond donors (Lipinski definition) is 1. The number of halogens is 1. The molecule has 1 aromatic carbocycles. The van der Waals surface area contributed by atoms with Crippen LogP contribution >= 0.6 is 11.6 Å². The van der Waals surface area contributed by atoms with Gasteiger partial charge < -0.3 is 19.3 Å². The molecule has 0 aliphatic rings. The average molecular weight is 289 g/mol. The van der Waals surface area contributed by atoms with E-state index in [4.69, 9.17) is 25.8 Å². The largest absolute Gasteiger partial charge is 0.487 e. The minimum Gasteiger partial charge on any atom is -0.487 e. The second-order valence-electron chi connectivity index (χ2n) is 4.02. The van der Waals surface area contributed by atoms with Gasteiger partial charge >= 0.3 is 0 Å². The second kappa shape index (κ2) is 8.38. The average Bonchev–Trinajstić information content (AvgIpc) is 2.37. The molecular formula is C14H21ClO4. The lowest BCUT2D eigenvalue weighted by Crippen LogP contribution is -2.25. The summed E-state index contributed by atoms with van der Waals surface area (Å²) in [7, 11) is 0. The molecule has 0 aliphatic heterocycles. The molecule has 1 aromatic rings. The highest BCUT2D eigenvalue weighted by molar-refractivity contribution is 6.32. The van der Waals surface area contributed by atoms with Crippen LogP contribution in [0.3, 0.4) is 0 Å². The van der Waals surface area contributed by atoms with Gasteiger partial charge in [-0.25, -0.2) is 0 Å². The van der Waals surface area contributed by atoms with Crippen LogP contribution in [0.1, 0.15) is 32.4 Å². The highest BCUT2D eigenvalue weighted by Gasteiger charge is 2.11. The molecule has 0 amide bonds. The van der Waals surface area contributed by atoms with Gasteiger partial charge in [-0.1, -0.05) is 17.7 Å². The van der Waals surface area contributed by atoms with Crippen molar-refractivity contribution in [2.45, 2.75) is 33.2 Å². The summed E-state index contributed by atoms with van der Waals surface area (Å²) < 4.78 is 16.3. The quantitative estimate of drug-likeness (QED) is 0.747. The Morgan fingerprint density at radius 1 is 1.21 bits per heavy atom. The van der Waals surface area contributed by atoms with Crippen LogP contribution in [-0.2, 0) is 9.47 Å². The van der Waals surface area contributed by atoms with Gasteiger partial charge in [-0.3, -0.25) is 0 Å². The van der Waals surface area contributed by atoms with Crippen LogP contribution in [0.2, 0.25) is 5.02 Å². The number of ether oxygens (including phenoxy) is 3. The second-order valence-corrected chi connectivity index (χ2v) is 4.42. The van der Waals surface area contributed by atoms with Gasteiger partial charge in [-0.2, -0.15) is 0 Å². The van der Waals surface area contributed by atoms with Gasteiger partial charge in [0.1, 0.15) is 12.4 Å². The van der Waals surface area contributed by atoms with E-state index in [1.165, 1.54) is 0 Å². The zero-order valence-electron chi connectivity index (χ0n) is 11.6. The van der Waals surface area contributed by atoms with Crippen molar-refractivity contribution in [1.29, 1.82) is 0 Å². The van der Waals surface area contributed by atoms with Crippen molar-refractivity contribution in [2.24, 2.45) is 0 Å². The molecule has 108 valence electrons. The molecule has 0 aromatic heterocycles. The van der Waals surface area contributed by atoms with Crippen LogP contribution in [0, 0.1) is 0 Å². The summed E-state index contributed by atoms with van der Waals surface area (Å²) in [4.78, 5) is 0. The minimum atomic E-state index is -0.550. The number of benzene rings is 1. The molecule has 19 heavy (non-hydrogen) atoms. The van der Waals surface area contributed by atoms with Crippen LogP contribution in [0.25, 0.3) is 0 Å². The van der Waals surface area contributed by atoms with Crippen LogP contribution in [0.15, 0.2) is 18.2 Å². The van der Waals surface area contributed by atoms with Crippen LogP contribution in [0.5, 0.6) is 5.75 Å². The molecule has 4 nitrogen and oxygen atoms in total. The van der Waals surface area contributed by atoms with Gasteiger partial charge in [0.2, 0.25) is 0 Å². The fourth-order valence-corrected chi connectivity index (χ4v) is 1.81. The fraction of sp³-hybridized carbons (Fsp3) is 0.571. The van der Waals surface area contributed by atoms with Gasteiger partial charge in [0, 0.05) is 13.2 Å². The van der Waals surface area contributed by atoms with Crippen molar-refractivity contribution in [3.63, 3.8) is 0 Å². The Morgan fingerprint density at radius 3 is 2.32 bits per heavy atom. The Morgan fingerprint density at radius 2 is 1.84 bits per heavy atom. The lowest BCUT2D eigenvalue weighted by atomic mass is 10.1. The van der Waals surface area contributed by atoms with Crippen molar-refractivity contribution in [2.75, 3.05) is 19.8 Å². The van der Waals surface area contributed by atoms with Gasteiger partial charge in [0.25, 0.3) is 0 Å². The maximum Gasteiger partial charge on any atom is 0.191 e. The van der Waals surface area contributed by atoms with Crippen LogP contribution in [-0.4, -0.2) is 31.2 Å². The normalized spacial score (nSPS) is 12.7. The molecule has 0 saturated carbocycles. The third-order valence-electron chi connectivity index (χ3n) is 2.52. The molecule has 0 unspecified atom stereocenters. The van der Waals surface area contributed by atoms with E-state index in [1.807, 2.05) is 13.8 Å². The summed E-state index contributed by atoms with van der Waals surface area (Å²) >= 11 is 6.09. The highest BCUT2D eigenvalue weighted by atomic mass is 35.5. The number of hydrogen-bond acceptors (Lipinski definition) is 4. The summed E-state index contributed by atoms with van der Waals surface area (Å²) in [5, 5.41) is 9.92. The third-order valence-corrected chi connectivity index (χ3v) is 2.81. The third kappa shape index (κ3) is 5.37. The standard InChI is InChI=1S/C14H21ClO4/c1-4-17-14(18-5-2)9-19-13-7-6-11(10(3)16)8-12(13)15/h6-8,10,14,16H,4-5,9H2,1-3H3/t10-/m1/s1. The first-order valence-corrected chi connectivity index (χ1v) is 6.79. The molecule has 0 saturated heterocycles. The predicted molar refractivity (Wildman–Crippen MR) is 74.6 cm³/mol. The first kappa shape index (κ1) is 16.2. The minimum absolute atomic E-state index is 0.273. The molecule has 0 spiro atoms. The van der Waals surface area contributed by atoms with E-state index in [2.05, 4.69) is 0 Å². The van der Waals surface area contributed by atoms with Gasteiger partial charge in [0.15, 0.2) is 6.29 Å². The highest BCUT2D eigenvalue weighted by Crippen LogP contribution is 2.28. The van der Waals surface area contributed by atoms with Gasteiger partial charge in [-0.05, 0) is 38.5 Å². The first-order valence-electron chi connectivity index (χ1n) is 6.42.